The molecule has 3 aromatic heterocycles. The number of fused-ring (bicyclic) bond motifs is 1. The number of aliphatic hydroxyl groups excluding tert-OH is 1. The summed E-state index contributed by atoms with van der Waals surface area (Å²) in [5, 5.41) is 18.0. The number of nitrogens with zero attached hydrogens (tertiary/aromatic N) is 6. The number of nitrogens with one attached hydrogen (secondary N) is 1. The van der Waals surface area contributed by atoms with Gasteiger partial charge in [0.2, 0.25) is 0 Å². The molecule has 9 heteroatoms. The zero-order chi connectivity index (χ0) is 15.1. The lowest BCUT2D eigenvalue weighted by molar-refractivity contribution is 0.138. The lowest BCUT2D eigenvalue weighted by atomic mass is 10.2. The van der Waals surface area contributed by atoms with E-state index in [1.165, 1.54) is 6.33 Å². The van der Waals surface area contributed by atoms with Crippen LogP contribution in [0.2, 0.25) is 0 Å². The van der Waals surface area contributed by atoms with Crippen molar-refractivity contribution in [3.8, 4) is 0 Å². The number of aromatic nitrogens is 6. The Hall–Kier alpha value is -2.52. The maximum absolute atomic E-state index is 10.2. The Morgan fingerprint density at radius 2 is 2.27 bits per heavy atom. The van der Waals surface area contributed by atoms with Gasteiger partial charge >= 0.3 is 0 Å². The predicted molar refractivity (Wildman–Crippen MR) is 78.6 cm³/mol. The molecule has 0 bridgehead atoms. The lowest BCUT2D eigenvalue weighted by Crippen LogP contribution is -2.22. The fourth-order valence-corrected chi connectivity index (χ4v) is 2.97. The molecule has 4 heterocycles. The second kappa shape index (κ2) is 5.04. The first-order chi connectivity index (χ1) is 10.7. The second-order valence-electron chi connectivity index (χ2n) is 5.53. The molecule has 2 unspecified atom stereocenters. The summed E-state index contributed by atoms with van der Waals surface area (Å²) in [6.07, 6.45) is 4.39. The molecule has 22 heavy (non-hydrogen) atoms. The zero-order valence-corrected chi connectivity index (χ0v) is 11.8. The molecule has 1 saturated heterocycles. The van der Waals surface area contributed by atoms with Crippen LogP contribution >= 0.6 is 0 Å². The van der Waals surface area contributed by atoms with Gasteiger partial charge < -0.3 is 15.8 Å². The Labute approximate surface area is 125 Å². The van der Waals surface area contributed by atoms with Crippen molar-refractivity contribution in [3.05, 3.63) is 30.5 Å². The maximum Gasteiger partial charge on any atom is 0.151 e. The minimum Gasteiger partial charge on any atom is -0.390 e. The molecule has 9 nitrogen and oxygen atoms in total. The fraction of sp³-hybridized carbons (Fsp3) is 0.385. The molecule has 1 aliphatic rings. The highest BCUT2D eigenvalue weighted by Crippen LogP contribution is 2.24. The fourth-order valence-electron chi connectivity index (χ4n) is 2.97. The predicted octanol–water partition coefficient (Wildman–Crippen LogP) is -0.451. The van der Waals surface area contributed by atoms with E-state index in [1.54, 1.807) is 17.1 Å². The van der Waals surface area contributed by atoms with Crippen LogP contribution in [0, 0.1) is 0 Å². The zero-order valence-electron chi connectivity index (χ0n) is 11.8. The number of aliphatic hydroxyl groups is 1. The number of nitrogens with two attached hydrogens (primary N) is 1. The third-order valence-electron chi connectivity index (χ3n) is 4.01. The van der Waals surface area contributed by atoms with Gasteiger partial charge in [0.05, 0.1) is 23.9 Å². The van der Waals surface area contributed by atoms with Gasteiger partial charge in [-0.2, -0.15) is 0 Å². The van der Waals surface area contributed by atoms with Gasteiger partial charge in [-0.3, -0.25) is 4.90 Å². The highest BCUT2D eigenvalue weighted by Gasteiger charge is 2.33. The first kappa shape index (κ1) is 13.2. The Balaban J connectivity index is 1.52. The Kier molecular flexibility index (Phi) is 3.01. The molecule has 0 saturated carbocycles. The van der Waals surface area contributed by atoms with Crippen LogP contribution in [0.1, 0.15) is 11.7 Å². The summed E-state index contributed by atoms with van der Waals surface area (Å²) in [7, 11) is 0. The molecule has 0 radical (unpaired) electrons. The van der Waals surface area contributed by atoms with E-state index in [2.05, 4.69) is 30.2 Å². The summed E-state index contributed by atoms with van der Waals surface area (Å²) >= 11 is 0. The standard InChI is InChI=1S/C13H16N8O/c14-13-12-9(15-7-16-13)3-8(18-12)4-20-5-10(11(22)6-20)21-2-1-17-19-21/h1-3,7,10-11,18,22H,4-6H2,(H2,14,15,16). The van der Waals surface area contributed by atoms with Gasteiger partial charge in [0.25, 0.3) is 0 Å². The van der Waals surface area contributed by atoms with E-state index in [0.717, 1.165) is 16.7 Å². The summed E-state index contributed by atoms with van der Waals surface area (Å²) in [6, 6.07) is 1.89. The summed E-state index contributed by atoms with van der Waals surface area (Å²) in [4.78, 5) is 13.6. The van der Waals surface area contributed by atoms with Crippen LogP contribution in [0.4, 0.5) is 5.82 Å². The Morgan fingerprint density at radius 1 is 1.36 bits per heavy atom. The van der Waals surface area contributed by atoms with Crippen LogP contribution < -0.4 is 5.73 Å². The number of hydrogen-bond donors (Lipinski definition) is 3. The number of nitrogen functional groups attached to an aromatic ring is 1. The van der Waals surface area contributed by atoms with Gasteiger partial charge in [-0.15, -0.1) is 5.10 Å². The highest BCUT2D eigenvalue weighted by atomic mass is 16.3. The van der Waals surface area contributed by atoms with Crippen LogP contribution in [0.15, 0.2) is 24.8 Å². The summed E-state index contributed by atoms with van der Waals surface area (Å²) in [6.45, 7) is 1.97. The normalized spacial score (nSPS) is 22.6. The topological polar surface area (TPSA) is 122 Å². The van der Waals surface area contributed by atoms with E-state index in [1.807, 2.05) is 6.07 Å². The molecule has 0 aromatic carbocycles. The molecule has 3 aromatic rings. The number of rotatable bonds is 3. The Morgan fingerprint density at radius 3 is 3.05 bits per heavy atom. The van der Waals surface area contributed by atoms with Crippen LogP contribution in [0.3, 0.4) is 0 Å². The van der Waals surface area contributed by atoms with Crippen LogP contribution in [0.5, 0.6) is 0 Å². The molecule has 4 rings (SSSR count). The average Bonchev–Trinajstić information content (AvgIpc) is 3.19. The SMILES string of the molecule is Nc1ncnc2cc(CN3CC(O)C(n4ccnn4)C3)[nH]c12. The number of likely N-dealkylation sites (tertiary alicyclic amines) is 1. The molecule has 2 atom stereocenters. The average molecular weight is 300 g/mol. The van der Waals surface area contributed by atoms with Crippen molar-refractivity contribution in [1.82, 2.24) is 34.8 Å². The van der Waals surface area contributed by atoms with Crippen molar-refractivity contribution < 1.29 is 5.11 Å². The van der Waals surface area contributed by atoms with Crippen molar-refractivity contribution in [2.75, 3.05) is 18.8 Å². The van der Waals surface area contributed by atoms with E-state index in [9.17, 15) is 5.11 Å². The van der Waals surface area contributed by atoms with Gasteiger partial charge in [0.15, 0.2) is 5.82 Å². The monoisotopic (exact) mass is 300 g/mol. The third-order valence-corrected chi connectivity index (χ3v) is 4.01. The molecule has 0 amide bonds. The van der Waals surface area contributed by atoms with Crippen LogP contribution in [0.25, 0.3) is 11.0 Å². The first-order valence-corrected chi connectivity index (χ1v) is 7.05. The molecule has 1 aliphatic heterocycles. The number of aromatic amines is 1. The molecule has 1 fully saturated rings. The largest absolute Gasteiger partial charge is 0.390 e. The van der Waals surface area contributed by atoms with Gasteiger partial charge in [-0.25, -0.2) is 14.6 Å². The van der Waals surface area contributed by atoms with E-state index < -0.39 is 6.10 Å². The number of H-pyrrole nitrogens is 1. The molecule has 0 aliphatic carbocycles. The number of anilines is 1. The van der Waals surface area contributed by atoms with Gasteiger partial charge in [0.1, 0.15) is 11.8 Å². The van der Waals surface area contributed by atoms with Crippen molar-refractivity contribution >= 4 is 16.9 Å². The van der Waals surface area contributed by atoms with Gasteiger partial charge in [-0.1, -0.05) is 5.21 Å². The molecule has 4 N–H and O–H groups in total. The van der Waals surface area contributed by atoms with Gasteiger partial charge in [0, 0.05) is 31.5 Å². The van der Waals surface area contributed by atoms with E-state index in [4.69, 9.17) is 5.73 Å². The first-order valence-electron chi connectivity index (χ1n) is 7.05. The smallest absolute Gasteiger partial charge is 0.151 e. The summed E-state index contributed by atoms with van der Waals surface area (Å²) in [5.41, 5.74) is 8.38. The third kappa shape index (κ3) is 2.20. The van der Waals surface area contributed by atoms with Crippen molar-refractivity contribution in [2.24, 2.45) is 0 Å². The van der Waals surface area contributed by atoms with E-state index in [-0.39, 0.29) is 6.04 Å². The summed E-state index contributed by atoms with van der Waals surface area (Å²) in [5.74, 6) is 0.443. The van der Waals surface area contributed by atoms with E-state index >= 15 is 0 Å². The van der Waals surface area contributed by atoms with Crippen molar-refractivity contribution in [3.63, 3.8) is 0 Å². The molecular formula is C13H16N8O. The molecular weight excluding hydrogens is 284 g/mol. The Bertz CT molecular complexity index is 783. The number of β-amino-alcohol motifs (C(OH)–C–C–N with tert-alkyl or cyclic N) is 1. The van der Waals surface area contributed by atoms with Gasteiger partial charge in [-0.05, 0) is 6.07 Å². The summed E-state index contributed by atoms with van der Waals surface area (Å²) < 4.78 is 1.71. The molecule has 114 valence electrons. The van der Waals surface area contributed by atoms with Crippen molar-refractivity contribution in [1.29, 1.82) is 0 Å². The van der Waals surface area contributed by atoms with Crippen LogP contribution in [-0.2, 0) is 6.54 Å². The minimum absolute atomic E-state index is 0.0725. The highest BCUT2D eigenvalue weighted by molar-refractivity contribution is 5.84. The molecule has 0 spiro atoms. The van der Waals surface area contributed by atoms with Crippen molar-refractivity contribution in [2.45, 2.75) is 18.7 Å². The van der Waals surface area contributed by atoms with E-state index in [0.29, 0.717) is 25.5 Å². The number of hydrogen-bond acceptors (Lipinski definition) is 7. The quantitative estimate of drug-likeness (QED) is 0.598. The second-order valence-corrected chi connectivity index (χ2v) is 5.53. The maximum atomic E-state index is 10.2. The lowest BCUT2D eigenvalue weighted by Gasteiger charge is -2.14. The van der Waals surface area contributed by atoms with Crippen LogP contribution in [-0.4, -0.2) is 59.1 Å². The minimum atomic E-state index is -0.462.